The number of carbonyl (C=O) groups is 2. The van der Waals surface area contributed by atoms with Gasteiger partial charge in [0.2, 0.25) is 5.91 Å². The Balaban J connectivity index is 1.60. The zero-order valence-electron chi connectivity index (χ0n) is 17.9. The number of hydrogen-bond acceptors (Lipinski definition) is 4. The van der Waals surface area contributed by atoms with E-state index >= 15 is 0 Å². The summed E-state index contributed by atoms with van der Waals surface area (Å²) in [5.41, 5.74) is 0.539. The molecule has 2 amide bonds. The maximum Gasteiger partial charge on any atom is 0.279 e. The van der Waals surface area contributed by atoms with Crippen LogP contribution in [0, 0.1) is 0 Å². The van der Waals surface area contributed by atoms with Gasteiger partial charge in [0, 0.05) is 25.0 Å². The van der Waals surface area contributed by atoms with E-state index in [1.807, 2.05) is 23.1 Å². The molecule has 32 heavy (non-hydrogen) atoms. The molecule has 0 radical (unpaired) electrons. The molecule has 164 valence electrons. The van der Waals surface area contributed by atoms with E-state index < -0.39 is 6.04 Å². The number of hydrogen-bond donors (Lipinski definition) is 0. The molecule has 2 aromatic carbocycles. The third kappa shape index (κ3) is 3.57. The molecule has 2 fully saturated rings. The lowest BCUT2D eigenvalue weighted by molar-refractivity contribution is -0.136. The van der Waals surface area contributed by atoms with Gasteiger partial charge in [-0.3, -0.25) is 14.4 Å². The van der Waals surface area contributed by atoms with Crippen LogP contribution in [0.3, 0.4) is 0 Å². The number of fused-ring (bicyclic) bond motifs is 1. The van der Waals surface area contributed by atoms with Gasteiger partial charge in [-0.1, -0.05) is 36.4 Å². The van der Waals surface area contributed by atoms with Gasteiger partial charge in [0.25, 0.3) is 11.5 Å². The molecule has 2 aliphatic rings. The Morgan fingerprint density at radius 3 is 2.22 bits per heavy atom. The summed E-state index contributed by atoms with van der Waals surface area (Å²) in [6, 6.07) is 15.7. The van der Waals surface area contributed by atoms with Gasteiger partial charge < -0.3 is 9.80 Å². The largest absolute Gasteiger partial charge is 0.341 e. The monoisotopic (exact) mass is 430 g/mol. The molecule has 7 nitrogen and oxygen atoms in total. The smallest absolute Gasteiger partial charge is 0.279 e. The normalized spacial score (nSPS) is 18.8. The molecule has 1 aromatic heterocycles. The highest BCUT2D eigenvalue weighted by atomic mass is 16.2. The molecule has 7 heteroatoms. The van der Waals surface area contributed by atoms with E-state index in [1.54, 1.807) is 41.3 Å². The Morgan fingerprint density at radius 1 is 0.812 bits per heavy atom. The number of aromatic nitrogens is 2. The van der Waals surface area contributed by atoms with Crippen molar-refractivity contribution < 1.29 is 9.59 Å². The molecule has 1 atom stereocenters. The minimum absolute atomic E-state index is 0.0382. The highest BCUT2D eigenvalue weighted by molar-refractivity contribution is 6.06. The van der Waals surface area contributed by atoms with E-state index in [4.69, 9.17) is 0 Å². The maximum absolute atomic E-state index is 13.8. The summed E-state index contributed by atoms with van der Waals surface area (Å²) in [6.07, 6.45) is 4.47. The molecular weight excluding hydrogens is 404 g/mol. The molecule has 2 aliphatic heterocycles. The second kappa shape index (κ2) is 8.57. The van der Waals surface area contributed by atoms with Crippen molar-refractivity contribution in [2.75, 3.05) is 19.6 Å². The Bertz CT molecular complexity index is 1210. The molecule has 0 N–H and O–H groups in total. The fourth-order valence-corrected chi connectivity index (χ4v) is 4.81. The Morgan fingerprint density at radius 2 is 1.47 bits per heavy atom. The number of rotatable bonds is 3. The standard InChI is InChI=1S/C25H26N4O3/c30-23-20-13-5-4-12-19(20)22(26-29(23)18-10-2-1-3-11-18)25(32)28-17-7-6-14-21(28)24(31)27-15-8-9-16-27/h1-5,10-13,21H,6-9,14-17H2. The second-order valence-electron chi connectivity index (χ2n) is 8.49. The average Bonchev–Trinajstić information content (AvgIpc) is 3.39. The first kappa shape index (κ1) is 20.4. The Labute approximate surface area is 186 Å². The Hall–Kier alpha value is -3.48. The summed E-state index contributed by atoms with van der Waals surface area (Å²) < 4.78 is 1.29. The topological polar surface area (TPSA) is 75.5 Å². The third-order valence-corrected chi connectivity index (χ3v) is 6.47. The van der Waals surface area contributed by atoms with Crippen molar-refractivity contribution in [3.8, 4) is 5.69 Å². The Kier molecular flexibility index (Phi) is 5.47. The predicted octanol–water partition coefficient (Wildman–Crippen LogP) is 3.00. The molecular formula is C25H26N4O3. The van der Waals surface area contributed by atoms with Crippen molar-refractivity contribution >= 4 is 22.6 Å². The van der Waals surface area contributed by atoms with Gasteiger partial charge in [-0.2, -0.15) is 9.78 Å². The van der Waals surface area contributed by atoms with Crippen molar-refractivity contribution in [3.63, 3.8) is 0 Å². The van der Waals surface area contributed by atoms with Crippen LogP contribution in [0.4, 0.5) is 0 Å². The number of piperidine rings is 1. The van der Waals surface area contributed by atoms with Crippen LogP contribution in [0.2, 0.25) is 0 Å². The zero-order chi connectivity index (χ0) is 22.1. The molecule has 2 saturated heterocycles. The van der Waals surface area contributed by atoms with Crippen LogP contribution < -0.4 is 5.56 Å². The predicted molar refractivity (Wildman–Crippen MR) is 122 cm³/mol. The van der Waals surface area contributed by atoms with Crippen molar-refractivity contribution in [1.29, 1.82) is 0 Å². The summed E-state index contributed by atoms with van der Waals surface area (Å²) in [4.78, 5) is 43.7. The summed E-state index contributed by atoms with van der Waals surface area (Å²) in [5.74, 6) is -0.251. The molecule has 0 saturated carbocycles. The number of benzene rings is 2. The van der Waals surface area contributed by atoms with E-state index in [1.165, 1.54) is 4.68 Å². The van der Waals surface area contributed by atoms with Crippen molar-refractivity contribution in [2.24, 2.45) is 0 Å². The van der Waals surface area contributed by atoms with E-state index in [2.05, 4.69) is 5.10 Å². The molecule has 5 rings (SSSR count). The van der Waals surface area contributed by atoms with Crippen molar-refractivity contribution in [1.82, 2.24) is 19.6 Å². The molecule has 3 aromatic rings. The van der Waals surface area contributed by atoms with Gasteiger partial charge in [0.1, 0.15) is 6.04 Å². The first-order valence-electron chi connectivity index (χ1n) is 11.3. The molecule has 3 heterocycles. The van der Waals surface area contributed by atoms with Crippen LogP contribution in [0.1, 0.15) is 42.6 Å². The fourth-order valence-electron chi connectivity index (χ4n) is 4.81. The van der Waals surface area contributed by atoms with Crippen LogP contribution >= 0.6 is 0 Å². The van der Waals surface area contributed by atoms with Crippen LogP contribution in [-0.2, 0) is 4.79 Å². The zero-order valence-corrected chi connectivity index (χ0v) is 17.9. The highest BCUT2D eigenvalue weighted by Crippen LogP contribution is 2.25. The van der Waals surface area contributed by atoms with Crippen LogP contribution in [0.5, 0.6) is 0 Å². The third-order valence-electron chi connectivity index (χ3n) is 6.47. The first-order valence-corrected chi connectivity index (χ1v) is 11.3. The molecule has 0 spiro atoms. The number of para-hydroxylation sites is 1. The first-order chi connectivity index (χ1) is 15.6. The van der Waals surface area contributed by atoms with E-state index in [-0.39, 0.29) is 23.1 Å². The quantitative estimate of drug-likeness (QED) is 0.640. The number of nitrogens with zero attached hydrogens (tertiary/aromatic N) is 4. The number of likely N-dealkylation sites (tertiary alicyclic amines) is 2. The summed E-state index contributed by atoms with van der Waals surface area (Å²) >= 11 is 0. The molecule has 0 bridgehead atoms. The molecule has 1 unspecified atom stereocenters. The van der Waals surface area contributed by atoms with E-state index in [0.717, 1.165) is 38.8 Å². The van der Waals surface area contributed by atoms with Crippen LogP contribution in [0.15, 0.2) is 59.4 Å². The van der Waals surface area contributed by atoms with Gasteiger partial charge in [0.15, 0.2) is 5.69 Å². The minimum Gasteiger partial charge on any atom is -0.341 e. The van der Waals surface area contributed by atoms with Gasteiger partial charge in [0.05, 0.1) is 11.1 Å². The van der Waals surface area contributed by atoms with E-state index in [0.29, 0.717) is 29.4 Å². The summed E-state index contributed by atoms with van der Waals surface area (Å²) in [6.45, 7) is 2.04. The lowest BCUT2D eigenvalue weighted by Gasteiger charge is -2.36. The van der Waals surface area contributed by atoms with Crippen molar-refractivity contribution in [3.05, 3.63) is 70.6 Å². The number of carbonyl (C=O) groups excluding carboxylic acids is 2. The summed E-state index contributed by atoms with van der Waals surface area (Å²) in [5, 5.41) is 5.49. The van der Waals surface area contributed by atoms with Crippen molar-refractivity contribution in [2.45, 2.75) is 38.1 Å². The summed E-state index contributed by atoms with van der Waals surface area (Å²) in [7, 11) is 0. The number of amides is 2. The van der Waals surface area contributed by atoms with E-state index in [9.17, 15) is 14.4 Å². The minimum atomic E-state index is -0.466. The molecule has 0 aliphatic carbocycles. The van der Waals surface area contributed by atoms with Gasteiger partial charge >= 0.3 is 0 Å². The van der Waals surface area contributed by atoms with Crippen LogP contribution in [0.25, 0.3) is 16.5 Å². The lowest BCUT2D eigenvalue weighted by Crippen LogP contribution is -2.52. The lowest BCUT2D eigenvalue weighted by atomic mass is 9.99. The fraction of sp³-hybridized carbons (Fsp3) is 0.360. The van der Waals surface area contributed by atoms with Gasteiger partial charge in [-0.25, -0.2) is 0 Å². The SMILES string of the molecule is O=C(C1CCCCN1C(=O)c1nn(-c2ccccc2)c(=O)c2ccccc12)N1CCCC1. The highest BCUT2D eigenvalue weighted by Gasteiger charge is 2.37. The van der Waals surface area contributed by atoms with Crippen LogP contribution in [-0.4, -0.2) is 57.1 Å². The second-order valence-corrected chi connectivity index (χ2v) is 8.49. The average molecular weight is 431 g/mol. The van der Waals surface area contributed by atoms with Gasteiger partial charge in [-0.15, -0.1) is 0 Å². The van der Waals surface area contributed by atoms with Gasteiger partial charge in [-0.05, 0) is 50.3 Å². The maximum atomic E-state index is 13.8.